The Hall–Kier alpha value is -4.17. The number of alkyl carbamates (subject to hydrolysis) is 1. The summed E-state index contributed by atoms with van der Waals surface area (Å²) < 4.78 is 5.64. The molecule has 0 fully saturated rings. The number of rotatable bonds is 10. The van der Waals surface area contributed by atoms with E-state index < -0.39 is 36.0 Å². The Labute approximate surface area is 240 Å². The molecule has 0 radical (unpaired) electrons. The van der Waals surface area contributed by atoms with Gasteiger partial charge in [-0.3, -0.25) is 10.0 Å². The molecule has 2 amide bonds. The molecule has 3 N–H and O–H groups in total. The maximum absolute atomic E-state index is 13.5. The minimum Gasteiger partial charge on any atom is -0.480 e. The van der Waals surface area contributed by atoms with Gasteiger partial charge in [0.05, 0.1) is 0 Å². The van der Waals surface area contributed by atoms with Crippen LogP contribution in [0.3, 0.4) is 0 Å². The number of hydroxylamine groups is 2. The molecule has 216 valence electrons. The fourth-order valence-electron chi connectivity index (χ4n) is 5.80. The highest BCUT2D eigenvalue weighted by Gasteiger charge is 2.39. The van der Waals surface area contributed by atoms with Crippen molar-refractivity contribution >= 4 is 18.0 Å². The Morgan fingerprint density at radius 3 is 1.98 bits per heavy atom. The lowest BCUT2D eigenvalue weighted by Gasteiger charge is -2.33. The zero-order valence-electron chi connectivity index (χ0n) is 23.9. The zero-order chi connectivity index (χ0) is 29.7. The van der Waals surface area contributed by atoms with E-state index in [1.807, 2.05) is 75.4 Å². The van der Waals surface area contributed by atoms with Gasteiger partial charge in [-0.05, 0) is 45.6 Å². The molecule has 3 aromatic rings. The number of aliphatic carboxylic acids is 1. The van der Waals surface area contributed by atoms with Gasteiger partial charge >= 0.3 is 12.1 Å². The maximum Gasteiger partial charge on any atom is 0.407 e. The minimum absolute atomic E-state index is 0.0426. The monoisotopic (exact) mass is 558 g/mol. The first-order valence-corrected chi connectivity index (χ1v) is 13.9. The summed E-state index contributed by atoms with van der Waals surface area (Å²) in [5.74, 6) is -2.96. The Bertz CT molecular complexity index is 1340. The molecule has 0 bridgehead atoms. The lowest BCUT2D eigenvalue weighted by atomic mass is 9.82. The normalized spacial score (nSPS) is 14.8. The van der Waals surface area contributed by atoms with Crippen LogP contribution in [0.5, 0.6) is 0 Å². The Kier molecular flexibility index (Phi) is 9.13. The summed E-state index contributed by atoms with van der Waals surface area (Å²) in [7, 11) is 0. The predicted octanol–water partition coefficient (Wildman–Crippen LogP) is 5.88. The van der Waals surface area contributed by atoms with Gasteiger partial charge in [0.2, 0.25) is 0 Å². The maximum atomic E-state index is 13.5. The number of benzene rings is 3. The van der Waals surface area contributed by atoms with Gasteiger partial charge in [-0.2, -0.15) is 0 Å². The number of nitrogens with zero attached hydrogens (tertiary/aromatic N) is 1. The van der Waals surface area contributed by atoms with Gasteiger partial charge in [-0.1, -0.05) is 107 Å². The van der Waals surface area contributed by atoms with Crippen molar-refractivity contribution in [1.82, 2.24) is 10.4 Å². The fraction of sp³-hybridized carbons (Fsp3) is 0.364. The van der Waals surface area contributed by atoms with Crippen LogP contribution in [0.1, 0.15) is 56.7 Å². The molecule has 2 unspecified atom stereocenters. The highest BCUT2D eigenvalue weighted by atomic mass is 16.5. The van der Waals surface area contributed by atoms with Gasteiger partial charge in [0.15, 0.2) is 6.04 Å². The van der Waals surface area contributed by atoms with Crippen molar-refractivity contribution in [3.05, 3.63) is 95.6 Å². The molecular weight excluding hydrogens is 520 g/mol. The molecule has 8 nitrogen and oxygen atoms in total. The van der Waals surface area contributed by atoms with Crippen molar-refractivity contribution in [2.24, 2.45) is 11.3 Å². The number of hydrogen-bond acceptors (Lipinski definition) is 5. The molecule has 1 aliphatic rings. The van der Waals surface area contributed by atoms with E-state index in [0.29, 0.717) is 6.42 Å². The van der Waals surface area contributed by atoms with Gasteiger partial charge in [-0.15, -0.1) is 0 Å². The second kappa shape index (κ2) is 12.6. The number of carbonyl (C=O) groups excluding carboxylic acids is 2. The number of hydrogen-bond donors (Lipinski definition) is 3. The average molecular weight is 559 g/mol. The number of nitrogens with one attached hydrogen (secondary N) is 1. The highest BCUT2D eigenvalue weighted by Crippen LogP contribution is 2.44. The number of amides is 2. The molecule has 0 saturated heterocycles. The first-order chi connectivity index (χ1) is 19.5. The van der Waals surface area contributed by atoms with Crippen molar-refractivity contribution in [3.8, 4) is 11.1 Å². The molecule has 0 aromatic heterocycles. The fourth-order valence-corrected chi connectivity index (χ4v) is 5.80. The van der Waals surface area contributed by atoms with Gasteiger partial charge < -0.3 is 15.2 Å². The first-order valence-electron chi connectivity index (χ1n) is 13.9. The predicted molar refractivity (Wildman–Crippen MR) is 155 cm³/mol. The summed E-state index contributed by atoms with van der Waals surface area (Å²) in [6.45, 7) is 7.62. The van der Waals surface area contributed by atoms with E-state index >= 15 is 0 Å². The lowest BCUT2D eigenvalue weighted by molar-refractivity contribution is -0.193. The summed E-state index contributed by atoms with van der Waals surface area (Å²) in [6, 6.07) is 22.2. The number of carboxylic acids is 1. The van der Waals surface area contributed by atoms with Crippen molar-refractivity contribution in [1.29, 1.82) is 0 Å². The van der Waals surface area contributed by atoms with E-state index in [1.165, 1.54) is 0 Å². The van der Waals surface area contributed by atoms with Gasteiger partial charge in [0.1, 0.15) is 12.6 Å². The molecule has 1 aliphatic carbocycles. The molecular formula is C33H38N2O6. The van der Waals surface area contributed by atoms with Gasteiger partial charge in [0.25, 0.3) is 5.91 Å². The van der Waals surface area contributed by atoms with Gasteiger partial charge in [0, 0.05) is 12.3 Å². The number of carboxylic acid groups (broad SMARTS) is 1. The number of ether oxygens (including phenoxy) is 1. The Balaban J connectivity index is 1.51. The highest BCUT2D eigenvalue weighted by molar-refractivity contribution is 5.89. The molecule has 0 spiro atoms. The lowest BCUT2D eigenvalue weighted by Crippen LogP contribution is -2.55. The van der Waals surface area contributed by atoms with Crippen LogP contribution in [-0.2, 0) is 20.7 Å². The molecule has 8 heteroatoms. The van der Waals surface area contributed by atoms with Crippen LogP contribution >= 0.6 is 0 Å². The van der Waals surface area contributed by atoms with Crippen molar-refractivity contribution in [2.75, 3.05) is 6.61 Å². The molecule has 4 rings (SSSR count). The Morgan fingerprint density at radius 2 is 1.44 bits per heavy atom. The zero-order valence-corrected chi connectivity index (χ0v) is 23.9. The van der Waals surface area contributed by atoms with Crippen LogP contribution in [0.4, 0.5) is 4.79 Å². The van der Waals surface area contributed by atoms with Crippen molar-refractivity contribution in [3.63, 3.8) is 0 Å². The molecule has 0 aliphatic heterocycles. The molecule has 41 heavy (non-hydrogen) atoms. The second-order valence-corrected chi connectivity index (χ2v) is 11.9. The summed E-state index contributed by atoms with van der Waals surface area (Å²) in [5, 5.41) is 23.7. The number of carbonyl (C=O) groups is 3. The van der Waals surface area contributed by atoms with Crippen LogP contribution < -0.4 is 5.32 Å². The summed E-state index contributed by atoms with van der Waals surface area (Å²) >= 11 is 0. The van der Waals surface area contributed by atoms with Crippen molar-refractivity contribution in [2.45, 2.75) is 58.5 Å². The van der Waals surface area contributed by atoms with E-state index in [4.69, 9.17) is 4.74 Å². The van der Waals surface area contributed by atoms with Gasteiger partial charge in [-0.25, -0.2) is 14.7 Å². The van der Waals surface area contributed by atoms with E-state index in [-0.39, 0.29) is 29.4 Å². The van der Waals surface area contributed by atoms with Crippen molar-refractivity contribution < 1.29 is 29.4 Å². The number of fused-ring (bicyclic) bond motifs is 3. The third-order valence-electron chi connectivity index (χ3n) is 7.43. The van der Waals surface area contributed by atoms with Crippen LogP contribution in [-0.4, -0.2) is 52.0 Å². The quantitative estimate of drug-likeness (QED) is 0.211. The molecule has 3 atom stereocenters. The SMILES string of the molecule is CC(CC(C)(C)C)C(C(=O)O)N(O)C(=O)[C@H](Cc1ccccc1)NC(=O)OCC1c2ccccc2-c2ccccc21. The molecule has 3 aromatic carbocycles. The van der Waals surface area contributed by atoms with E-state index in [9.17, 15) is 24.7 Å². The van der Waals surface area contributed by atoms with E-state index in [1.54, 1.807) is 31.2 Å². The molecule has 0 heterocycles. The van der Waals surface area contributed by atoms with Crippen LogP contribution in [0.25, 0.3) is 11.1 Å². The summed E-state index contributed by atoms with van der Waals surface area (Å²) in [6.07, 6.45) is -0.331. The summed E-state index contributed by atoms with van der Waals surface area (Å²) in [5.41, 5.74) is 4.80. The van der Waals surface area contributed by atoms with Crippen LogP contribution in [0.2, 0.25) is 0 Å². The summed E-state index contributed by atoms with van der Waals surface area (Å²) in [4.78, 5) is 38.8. The van der Waals surface area contributed by atoms with Crippen LogP contribution in [0.15, 0.2) is 78.9 Å². The minimum atomic E-state index is -1.48. The average Bonchev–Trinajstić information content (AvgIpc) is 3.24. The van der Waals surface area contributed by atoms with E-state index in [0.717, 1.165) is 27.8 Å². The smallest absolute Gasteiger partial charge is 0.407 e. The molecule has 0 saturated carbocycles. The Morgan fingerprint density at radius 1 is 0.902 bits per heavy atom. The van der Waals surface area contributed by atoms with E-state index in [2.05, 4.69) is 5.32 Å². The standard InChI is InChI=1S/C33H38N2O6/c1-21(19-33(2,3)4)29(31(37)38)35(40)30(36)28(18-22-12-6-5-7-13-22)34-32(39)41-20-27-25-16-10-8-14-23(25)24-15-9-11-17-26(24)27/h5-17,21,27-29,40H,18-20H2,1-4H3,(H,34,39)(H,37,38)/t21?,28-,29?/m0/s1. The van der Waals surface area contributed by atoms with Crippen LogP contribution in [0, 0.1) is 11.3 Å². The second-order valence-electron chi connectivity index (χ2n) is 11.9. The third kappa shape index (κ3) is 7.13. The third-order valence-corrected chi connectivity index (χ3v) is 7.43. The first kappa shape index (κ1) is 29.8. The topological polar surface area (TPSA) is 116 Å². The largest absolute Gasteiger partial charge is 0.480 e.